The van der Waals surface area contributed by atoms with Gasteiger partial charge >= 0.3 is 29.6 Å². The standard InChI is InChI=1S/C19H21N3O.Na.H/c1-13-5-8-15(9-6-13)19-16(11-18(23)21(3)4)22-12-14(2)7-10-17(22)20-19;;/h5-10,12H,11H2,1-4H3;;. The molecule has 0 spiro atoms. The molecule has 0 saturated heterocycles. The Bertz CT molecular complexity index is 866. The van der Waals surface area contributed by atoms with E-state index in [0.29, 0.717) is 6.42 Å². The van der Waals surface area contributed by atoms with Gasteiger partial charge in [0.25, 0.3) is 0 Å². The Balaban J connectivity index is 0.00000208. The number of carbonyl (C=O) groups is 1. The van der Waals surface area contributed by atoms with Crippen LogP contribution in [0.3, 0.4) is 0 Å². The normalized spacial score (nSPS) is 10.5. The van der Waals surface area contributed by atoms with Gasteiger partial charge in [0, 0.05) is 25.9 Å². The minimum absolute atomic E-state index is 0. The van der Waals surface area contributed by atoms with E-state index in [1.54, 1.807) is 19.0 Å². The number of fused-ring (bicyclic) bond motifs is 1. The van der Waals surface area contributed by atoms with Gasteiger partial charge in [-0.1, -0.05) is 35.9 Å². The van der Waals surface area contributed by atoms with Crippen LogP contribution < -0.4 is 0 Å². The molecule has 4 nitrogen and oxygen atoms in total. The molecule has 0 bridgehead atoms. The first-order chi connectivity index (χ1) is 11.0. The van der Waals surface area contributed by atoms with E-state index in [1.807, 2.05) is 29.7 Å². The molecule has 3 aromatic rings. The molecular formula is C19H22N3NaO. The predicted molar refractivity (Wildman–Crippen MR) is 99.6 cm³/mol. The number of pyridine rings is 1. The van der Waals surface area contributed by atoms with Crippen LogP contribution in [-0.2, 0) is 11.2 Å². The van der Waals surface area contributed by atoms with Crippen molar-refractivity contribution in [2.75, 3.05) is 14.1 Å². The number of hydrogen-bond acceptors (Lipinski definition) is 2. The third-order valence-electron chi connectivity index (χ3n) is 4.01. The number of amides is 1. The Hall–Kier alpha value is -1.62. The van der Waals surface area contributed by atoms with Crippen LogP contribution in [-0.4, -0.2) is 63.8 Å². The monoisotopic (exact) mass is 331 g/mol. The van der Waals surface area contributed by atoms with Crippen molar-refractivity contribution in [1.82, 2.24) is 14.3 Å². The third kappa shape index (κ3) is 3.72. The van der Waals surface area contributed by atoms with E-state index < -0.39 is 0 Å². The Labute approximate surface area is 164 Å². The molecule has 2 heterocycles. The molecule has 0 aliphatic rings. The van der Waals surface area contributed by atoms with Crippen molar-refractivity contribution >= 4 is 41.1 Å². The average molecular weight is 331 g/mol. The summed E-state index contributed by atoms with van der Waals surface area (Å²) in [6, 6.07) is 12.3. The molecule has 0 saturated carbocycles. The summed E-state index contributed by atoms with van der Waals surface area (Å²) in [7, 11) is 3.56. The van der Waals surface area contributed by atoms with Crippen LogP contribution in [0.5, 0.6) is 0 Å². The first-order valence-electron chi connectivity index (χ1n) is 7.70. The molecule has 3 rings (SSSR count). The summed E-state index contributed by atoms with van der Waals surface area (Å²) in [5.74, 6) is 0.0710. The van der Waals surface area contributed by atoms with Gasteiger partial charge in [-0.2, -0.15) is 0 Å². The fourth-order valence-electron chi connectivity index (χ4n) is 2.61. The Morgan fingerprint density at radius 3 is 2.29 bits per heavy atom. The number of imidazole rings is 1. The molecule has 1 aromatic carbocycles. The zero-order valence-corrected chi connectivity index (χ0v) is 14.0. The molecule has 1 amide bonds. The van der Waals surface area contributed by atoms with Gasteiger partial charge < -0.3 is 9.30 Å². The number of likely N-dealkylation sites (N-methyl/N-ethyl adjacent to an activating group) is 1. The zero-order chi connectivity index (χ0) is 16.6. The molecule has 0 atom stereocenters. The van der Waals surface area contributed by atoms with Gasteiger partial charge in [0.2, 0.25) is 5.91 Å². The second kappa shape index (κ2) is 7.51. The van der Waals surface area contributed by atoms with Gasteiger partial charge in [0.05, 0.1) is 17.8 Å². The van der Waals surface area contributed by atoms with E-state index in [0.717, 1.165) is 28.2 Å². The molecule has 0 N–H and O–H groups in total. The molecule has 2 aromatic heterocycles. The van der Waals surface area contributed by atoms with Crippen molar-refractivity contribution in [3.63, 3.8) is 0 Å². The molecule has 0 aliphatic carbocycles. The first-order valence-corrected chi connectivity index (χ1v) is 7.70. The van der Waals surface area contributed by atoms with Crippen molar-refractivity contribution in [2.45, 2.75) is 20.3 Å². The van der Waals surface area contributed by atoms with Gasteiger partial charge in [0.15, 0.2) is 0 Å². The summed E-state index contributed by atoms with van der Waals surface area (Å²) >= 11 is 0. The van der Waals surface area contributed by atoms with Crippen LogP contribution in [0.4, 0.5) is 0 Å². The summed E-state index contributed by atoms with van der Waals surface area (Å²) in [5.41, 5.74) is 6.08. The number of aromatic nitrogens is 2. The van der Waals surface area contributed by atoms with E-state index in [4.69, 9.17) is 4.98 Å². The average Bonchev–Trinajstić information content (AvgIpc) is 2.86. The Morgan fingerprint density at radius 2 is 1.67 bits per heavy atom. The minimum atomic E-state index is 0. The summed E-state index contributed by atoms with van der Waals surface area (Å²) < 4.78 is 2.03. The fraction of sp³-hybridized carbons (Fsp3) is 0.263. The second-order valence-electron chi connectivity index (χ2n) is 6.17. The molecular weight excluding hydrogens is 309 g/mol. The van der Waals surface area contributed by atoms with E-state index in [-0.39, 0.29) is 35.5 Å². The summed E-state index contributed by atoms with van der Waals surface area (Å²) in [5, 5.41) is 0. The molecule has 120 valence electrons. The number of carbonyl (C=O) groups excluding carboxylic acids is 1. The summed E-state index contributed by atoms with van der Waals surface area (Å²) in [4.78, 5) is 18.6. The van der Waals surface area contributed by atoms with Crippen molar-refractivity contribution in [1.29, 1.82) is 0 Å². The SMILES string of the molecule is Cc1ccc(-c2nc3ccc(C)cn3c2CC(=O)N(C)C)cc1.[NaH]. The fourth-order valence-corrected chi connectivity index (χ4v) is 2.61. The number of rotatable bonds is 3. The molecule has 5 heteroatoms. The maximum atomic E-state index is 12.3. The van der Waals surface area contributed by atoms with Crippen LogP contribution in [0.1, 0.15) is 16.8 Å². The van der Waals surface area contributed by atoms with Gasteiger partial charge in [-0.05, 0) is 25.5 Å². The van der Waals surface area contributed by atoms with Crippen molar-refractivity contribution < 1.29 is 4.79 Å². The van der Waals surface area contributed by atoms with Gasteiger partial charge in [-0.25, -0.2) is 4.98 Å². The Kier molecular flexibility index (Phi) is 5.86. The van der Waals surface area contributed by atoms with E-state index >= 15 is 0 Å². The van der Waals surface area contributed by atoms with Crippen LogP contribution in [0, 0.1) is 13.8 Å². The molecule has 24 heavy (non-hydrogen) atoms. The van der Waals surface area contributed by atoms with E-state index in [1.165, 1.54) is 5.56 Å². The van der Waals surface area contributed by atoms with E-state index in [9.17, 15) is 4.79 Å². The van der Waals surface area contributed by atoms with Crippen molar-refractivity contribution in [3.05, 3.63) is 59.4 Å². The number of hydrogen-bond donors (Lipinski definition) is 0. The number of benzene rings is 1. The van der Waals surface area contributed by atoms with Crippen LogP contribution >= 0.6 is 0 Å². The second-order valence-corrected chi connectivity index (χ2v) is 6.17. The third-order valence-corrected chi connectivity index (χ3v) is 4.01. The summed E-state index contributed by atoms with van der Waals surface area (Å²) in [6.45, 7) is 4.11. The molecule has 0 radical (unpaired) electrons. The first kappa shape index (κ1) is 18.7. The van der Waals surface area contributed by atoms with Crippen molar-refractivity contribution in [3.8, 4) is 11.3 Å². The summed E-state index contributed by atoms with van der Waals surface area (Å²) in [6.07, 6.45) is 2.37. The molecule has 0 unspecified atom stereocenters. The molecule has 0 aliphatic heterocycles. The van der Waals surface area contributed by atoms with Crippen LogP contribution in [0.15, 0.2) is 42.6 Å². The van der Waals surface area contributed by atoms with Crippen LogP contribution in [0.2, 0.25) is 0 Å². The number of nitrogens with zero attached hydrogens (tertiary/aromatic N) is 3. The van der Waals surface area contributed by atoms with Gasteiger partial charge in [-0.3, -0.25) is 4.79 Å². The predicted octanol–water partition coefficient (Wildman–Crippen LogP) is 2.60. The number of aryl methyl sites for hydroxylation is 2. The van der Waals surface area contributed by atoms with Gasteiger partial charge in [0.1, 0.15) is 5.65 Å². The van der Waals surface area contributed by atoms with E-state index in [2.05, 4.69) is 31.2 Å². The quantitative estimate of drug-likeness (QED) is 0.692. The zero-order valence-electron chi connectivity index (χ0n) is 14.0. The topological polar surface area (TPSA) is 37.6 Å². The maximum absolute atomic E-state index is 12.3. The Morgan fingerprint density at radius 1 is 1.04 bits per heavy atom. The van der Waals surface area contributed by atoms with Gasteiger partial charge in [-0.15, -0.1) is 0 Å². The molecule has 0 fully saturated rings. The van der Waals surface area contributed by atoms with Crippen LogP contribution in [0.25, 0.3) is 16.9 Å². The van der Waals surface area contributed by atoms with Crippen molar-refractivity contribution in [2.24, 2.45) is 0 Å².